The SMILES string of the molecule is COc1ccccc1C=N[C@@H](c1ccccc1O)[C@@H](N=Cc1ccccc1OC)c1ccccc1O. The standard InChI is InChI=1S/C30H28N2O4/c1-35-27-17-9-3-11-21(27)19-31-29(23-13-5-7-15-25(23)33)30(24-14-6-8-16-26(24)34)32-20-22-12-4-10-18-28(22)36-2/h3-20,29-30,33-34H,1-2H3/t29-,30-/m0/s1. The number of aliphatic imine (C=N–C) groups is 2. The molecule has 182 valence electrons. The number of rotatable bonds is 9. The van der Waals surface area contributed by atoms with Crippen molar-refractivity contribution in [1.82, 2.24) is 0 Å². The summed E-state index contributed by atoms with van der Waals surface area (Å²) in [6, 6.07) is 27.8. The van der Waals surface area contributed by atoms with Crippen molar-refractivity contribution >= 4 is 12.4 Å². The van der Waals surface area contributed by atoms with Crippen LogP contribution < -0.4 is 9.47 Å². The number of benzene rings is 4. The molecule has 0 heterocycles. The van der Waals surface area contributed by atoms with Crippen molar-refractivity contribution in [3.63, 3.8) is 0 Å². The lowest BCUT2D eigenvalue weighted by atomic mass is 9.92. The summed E-state index contributed by atoms with van der Waals surface area (Å²) < 4.78 is 11.0. The van der Waals surface area contributed by atoms with Gasteiger partial charge in [-0.15, -0.1) is 0 Å². The maximum atomic E-state index is 10.8. The lowest BCUT2D eigenvalue weighted by Gasteiger charge is -2.23. The van der Waals surface area contributed by atoms with E-state index in [1.54, 1.807) is 50.9 Å². The van der Waals surface area contributed by atoms with Gasteiger partial charge in [0, 0.05) is 34.7 Å². The minimum absolute atomic E-state index is 0.0904. The van der Waals surface area contributed by atoms with E-state index in [2.05, 4.69) is 0 Å². The molecule has 0 aliphatic rings. The molecule has 0 amide bonds. The van der Waals surface area contributed by atoms with E-state index >= 15 is 0 Å². The fourth-order valence-corrected chi connectivity index (χ4v) is 4.01. The Bertz CT molecular complexity index is 1260. The Labute approximate surface area is 210 Å². The van der Waals surface area contributed by atoms with Crippen LogP contribution >= 0.6 is 0 Å². The van der Waals surface area contributed by atoms with E-state index < -0.39 is 12.1 Å². The highest BCUT2D eigenvalue weighted by molar-refractivity contribution is 5.85. The average Bonchev–Trinajstić information content (AvgIpc) is 2.92. The maximum Gasteiger partial charge on any atom is 0.127 e. The fraction of sp³-hybridized carbons (Fsp3) is 0.133. The fourth-order valence-electron chi connectivity index (χ4n) is 4.01. The molecule has 0 unspecified atom stereocenters. The van der Waals surface area contributed by atoms with Gasteiger partial charge in [0.25, 0.3) is 0 Å². The van der Waals surface area contributed by atoms with Gasteiger partial charge in [0.15, 0.2) is 0 Å². The molecule has 0 saturated carbocycles. The second-order valence-electron chi connectivity index (χ2n) is 8.05. The van der Waals surface area contributed by atoms with Crippen LogP contribution in [0.3, 0.4) is 0 Å². The summed E-state index contributed by atoms with van der Waals surface area (Å²) in [4.78, 5) is 9.77. The lowest BCUT2D eigenvalue weighted by Crippen LogP contribution is -2.10. The van der Waals surface area contributed by atoms with Gasteiger partial charge in [-0.3, -0.25) is 9.98 Å². The van der Waals surface area contributed by atoms with Crippen LogP contribution in [-0.4, -0.2) is 36.9 Å². The summed E-state index contributed by atoms with van der Waals surface area (Å²) in [5, 5.41) is 21.6. The quantitative estimate of drug-likeness (QED) is 0.282. The van der Waals surface area contributed by atoms with Gasteiger partial charge in [-0.1, -0.05) is 60.7 Å². The second-order valence-corrected chi connectivity index (χ2v) is 8.05. The van der Waals surface area contributed by atoms with Crippen LogP contribution in [-0.2, 0) is 0 Å². The van der Waals surface area contributed by atoms with E-state index in [1.165, 1.54) is 0 Å². The first-order chi connectivity index (χ1) is 17.6. The van der Waals surface area contributed by atoms with Gasteiger partial charge in [0.2, 0.25) is 0 Å². The molecule has 4 rings (SSSR count). The van der Waals surface area contributed by atoms with Gasteiger partial charge in [0.05, 0.1) is 14.2 Å². The molecular formula is C30H28N2O4. The van der Waals surface area contributed by atoms with Crippen molar-refractivity contribution in [2.24, 2.45) is 9.98 Å². The van der Waals surface area contributed by atoms with Crippen molar-refractivity contribution in [3.8, 4) is 23.0 Å². The highest BCUT2D eigenvalue weighted by Crippen LogP contribution is 2.42. The summed E-state index contributed by atoms with van der Waals surface area (Å²) in [6.07, 6.45) is 3.42. The van der Waals surface area contributed by atoms with Gasteiger partial charge in [0.1, 0.15) is 35.1 Å². The van der Waals surface area contributed by atoms with Crippen LogP contribution in [0, 0.1) is 0 Å². The van der Waals surface area contributed by atoms with E-state index in [-0.39, 0.29) is 11.5 Å². The molecule has 0 spiro atoms. The zero-order chi connectivity index (χ0) is 25.3. The van der Waals surface area contributed by atoms with Crippen molar-refractivity contribution < 1.29 is 19.7 Å². The second kappa shape index (κ2) is 11.7. The van der Waals surface area contributed by atoms with Crippen LogP contribution in [0.25, 0.3) is 0 Å². The van der Waals surface area contributed by atoms with Crippen LogP contribution in [0.15, 0.2) is 107 Å². The van der Waals surface area contributed by atoms with Gasteiger partial charge < -0.3 is 19.7 Å². The number of nitrogens with zero attached hydrogens (tertiary/aromatic N) is 2. The van der Waals surface area contributed by atoms with Gasteiger partial charge in [-0.25, -0.2) is 0 Å². The number of ether oxygens (including phenoxy) is 2. The van der Waals surface area contributed by atoms with Crippen molar-refractivity contribution in [2.75, 3.05) is 14.2 Å². The third-order valence-electron chi connectivity index (χ3n) is 5.84. The molecule has 0 radical (unpaired) electrons. The first-order valence-corrected chi connectivity index (χ1v) is 11.5. The predicted molar refractivity (Wildman–Crippen MR) is 143 cm³/mol. The number of methoxy groups -OCH3 is 2. The Morgan fingerprint density at radius 1 is 0.556 bits per heavy atom. The van der Waals surface area contributed by atoms with Gasteiger partial charge >= 0.3 is 0 Å². The highest BCUT2D eigenvalue weighted by Gasteiger charge is 2.28. The number of hydrogen-bond acceptors (Lipinski definition) is 6. The van der Waals surface area contributed by atoms with E-state index in [4.69, 9.17) is 19.5 Å². The molecule has 2 atom stereocenters. The molecule has 0 aromatic heterocycles. The largest absolute Gasteiger partial charge is 0.508 e. The Morgan fingerprint density at radius 2 is 0.917 bits per heavy atom. The zero-order valence-electron chi connectivity index (χ0n) is 20.2. The third kappa shape index (κ3) is 5.55. The number of phenols is 2. The lowest BCUT2D eigenvalue weighted by molar-refractivity contribution is 0.413. The predicted octanol–water partition coefficient (Wildman–Crippen LogP) is 6.14. The average molecular weight is 481 g/mol. The molecule has 36 heavy (non-hydrogen) atoms. The Morgan fingerprint density at radius 3 is 1.31 bits per heavy atom. The van der Waals surface area contributed by atoms with Crippen molar-refractivity contribution in [2.45, 2.75) is 12.1 Å². The third-order valence-corrected chi connectivity index (χ3v) is 5.84. The molecule has 0 bridgehead atoms. The van der Waals surface area contributed by atoms with Gasteiger partial charge in [-0.2, -0.15) is 0 Å². The summed E-state index contributed by atoms with van der Waals surface area (Å²) >= 11 is 0. The molecule has 6 nitrogen and oxygen atoms in total. The summed E-state index contributed by atoms with van der Waals surface area (Å²) in [6.45, 7) is 0. The molecule has 6 heteroatoms. The van der Waals surface area contributed by atoms with E-state index in [0.29, 0.717) is 22.6 Å². The molecule has 4 aromatic carbocycles. The van der Waals surface area contributed by atoms with Crippen molar-refractivity contribution in [3.05, 3.63) is 119 Å². The zero-order valence-corrected chi connectivity index (χ0v) is 20.2. The van der Waals surface area contributed by atoms with E-state index in [0.717, 1.165) is 11.1 Å². The molecule has 0 saturated heterocycles. The number of phenolic OH excluding ortho intramolecular Hbond substituents is 2. The van der Waals surface area contributed by atoms with Crippen LogP contribution in [0.4, 0.5) is 0 Å². The van der Waals surface area contributed by atoms with Crippen molar-refractivity contribution in [1.29, 1.82) is 0 Å². The van der Waals surface area contributed by atoms with E-state index in [1.807, 2.05) is 72.8 Å². The Balaban J connectivity index is 1.87. The first kappa shape index (κ1) is 24.5. The van der Waals surface area contributed by atoms with E-state index in [9.17, 15) is 10.2 Å². The smallest absolute Gasteiger partial charge is 0.127 e. The molecule has 0 fully saturated rings. The first-order valence-electron chi connectivity index (χ1n) is 11.5. The topological polar surface area (TPSA) is 83.6 Å². The molecular weight excluding hydrogens is 452 g/mol. The maximum absolute atomic E-state index is 10.8. The summed E-state index contributed by atoms with van der Waals surface area (Å²) in [5.74, 6) is 1.53. The highest BCUT2D eigenvalue weighted by atomic mass is 16.5. The molecule has 0 aliphatic carbocycles. The molecule has 0 aliphatic heterocycles. The Hall–Kier alpha value is -4.58. The molecule has 2 N–H and O–H groups in total. The van der Waals surface area contributed by atoms with Crippen LogP contribution in [0.5, 0.6) is 23.0 Å². The monoisotopic (exact) mass is 480 g/mol. The summed E-state index contributed by atoms with van der Waals surface area (Å²) in [7, 11) is 3.21. The van der Waals surface area contributed by atoms with Crippen LogP contribution in [0.2, 0.25) is 0 Å². The minimum Gasteiger partial charge on any atom is -0.508 e. The number of hydrogen-bond donors (Lipinski definition) is 2. The van der Waals surface area contributed by atoms with Crippen LogP contribution in [0.1, 0.15) is 34.3 Å². The summed E-state index contributed by atoms with van der Waals surface area (Å²) in [5.41, 5.74) is 2.72. The minimum atomic E-state index is -0.657. The molecule has 4 aromatic rings. The normalized spacial score (nSPS) is 13.1. The number of aromatic hydroxyl groups is 2. The number of para-hydroxylation sites is 4. The Kier molecular flexibility index (Phi) is 7.98. The van der Waals surface area contributed by atoms with Gasteiger partial charge in [-0.05, 0) is 36.4 Å².